The van der Waals surface area contributed by atoms with Gasteiger partial charge in [-0.1, -0.05) is 30.4 Å². The molecular formula is C29H35N5O2. The van der Waals surface area contributed by atoms with Crippen LogP contribution in [0.3, 0.4) is 0 Å². The van der Waals surface area contributed by atoms with Gasteiger partial charge in [0.2, 0.25) is 5.95 Å². The maximum absolute atomic E-state index is 5.82. The molecule has 1 aliphatic heterocycles. The summed E-state index contributed by atoms with van der Waals surface area (Å²) in [6.07, 6.45) is 5.30. The zero-order chi connectivity index (χ0) is 25.2. The number of hydrogen-bond donors (Lipinski definition) is 1. The Balaban J connectivity index is 1.52. The van der Waals surface area contributed by atoms with Gasteiger partial charge in [0.25, 0.3) is 0 Å². The average Bonchev–Trinajstić information content (AvgIpc) is 2.90. The first kappa shape index (κ1) is 25.6. The highest BCUT2D eigenvalue weighted by molar-refractivity contribution is 5.66. The molecule has 0 amide bonds. The summed E-state index contributed by atoms with van der Waals surface area (Å²) in [6, 6.07) is 16.5. The van der Waals surface area contributed by atoms with E-state index in [9.17, 15) is 0 Å². The maximum Gasteiger partial charge on any atom is 0.227 e. The summed E-state index contributed by atoms with van der Waals surface area (Å²) in [5.41, 5.74) is 6.23. The van der Waals surface area contributed by atoms with Gasteiger partial charge < -0.3 is 24.6 Å². The van der Waals surface area contributed by atoms with Gasteiger partial charge in [-0.15, -0.1) is 13.2 Å². The summed E-state index contributed by atoms with van der Waals surface area (Å²) < 4.78 is 11.4. The van der Waals surface area contributed by atoms with E-state index in [1.807, 2.05) is 24.3 Å². The third kappa shape index (κ3) is 7.01. The lowest BCUT2D eigenvalue weighted by Gasteiger charge is -2.35. The predicted molar refractivity (Wildman–Crippen MR) is 147 cm³/mol. The number of aromatic nitrogens is 2. The first-order chi connectivity index (χ1) is 17.7. The number of benzene rings is 2. The predicted octanol–water partition coefficient (Wildman–Crippen LogP) is 5.04. The van der Waals surface area contributed by atoms with E-state index in [2.05, 4.69) is 64.6 Å². The first-order valence-electron chi connectivity index (χ1n) is 12.3. The zero-order valence-electron chi connectivity index (χ0n) is 21.0. The third-order valence-corrected chi connectivity index (χ3v) is 6.06. The molecule has 1 saturated heterocycles. The number of nitrogens with one attached hydrogen (secondary N) is 1. The van der Waals surface area contributed by atoms with Crippen LogP contribution in [0.15, 0.2) is 80.0 Å². The maximum atomic E-state index is 5.82. The summed E-state index contributed by atoms with van der Waals surface area (Å²) in [6.45, 7) is 13.7. The first-order valence-corrected chi connectivity index (χ1v) is 12.3. The van der Waals surface area contributed by atoms with Crippen molar-refractivity contribution in [1.82, 2.24) is 14.9 Å². The van der Waals surface area contributed by atoms with Gasteiger partial charge in [0.05, 0.1) is 32.1 Å². The summed E-state index contributed by atoms with van der Waals surface area (Å²) in [5, 5.41) is 3.38. The van der Waals surface area contributed by atoms with Crippen LogP contribution in [-0.4, -0.2) is 61.3 Å². The topological polar surface area (TPSA) is 62.8 Å². The molecule has 0 radical (unpaired) electrons. The highest BCUT2D eigenvalue weighted by Crippen LogP contribution is 2.28. The fourth-order valence-electron chi connectivity index (χ4n) is 4.18. The number of piperazine rings is 1. The van der Waals surface area contributed by atoms with Crippen molar-refractivity contribution >= 4 is 17.3 Å². The highest BCUT2D eigenvalue weighted by atomic mass is 16.5. The van der Waals surface area contributed by atoms with Crippen molar-refractivity contribution < 1.29 is 9.47 Å². The van der Waals surface area contributed by atoms with Crippen LogP contribution in [0.25, 0.3) is 11.3 Å². The van der Waals surface area contributed by atoms with Crippen LogP contribution in [0, 0.1) is 0 Å². The van der Waals surface area contributed by atoms with Gasteiger partial charge in [-0.3, -0.25) is 0 Å². The molecule has 0 bridgehead atoms. The van der Waals surface area contributed by atoms with E-state index in [1.54, 1.807) is 18.3 Å². The van der Waals surface area contributed by atoms with Gasteiger partial charge in [-0.2, -0.15) is 0 Å². The molecule has 2 aromatic carbocycles. The van der Waals surface area contributed by atoms with Crippen molar-refractivity contribution in [2.45, 2.75) is 13.2 Å². The Kier molecular flexibility index (Phi) is 9.21. The van der Waals surface area contributed by atoms with E-state index in [4.69, 9.17) is 14.5 Å². The molecule has 0 aliphatic carbocycles. The molecule has 3 aromatic rings. The Labute approximate surface area is 214 Å². The summed E-state index contributed by atoms with van der Waals surface area (Å²) >= 11 is 0. The van der Waals surface area contributed by atoms with Gasteiger partial charge in [-0.05, 0) is 42.9 Å². The minimum atomic E-state index is 0.517. The van der Waals surface area contributed by atoms with Crippen LogP contribution in [0.2, 0.25) is 0 Å². The number of ether oxygens (including phenoxy) is 2. The molecule has 7 nitrogen and oxygen atoms in total. The fraction of sp³-hybridized carbons (Fsp3) is 0.310. The molecule has 0 saturated carbocycles. The highest BCUT2D eigenvalue weighted by Gasteiger charge is 2.18. The van der Waals surface area contributed by atoms with E-state index in [0.29, 0.717) is 32.4 Å². The molecule has 1 aliphatic rings. The average molecular weight is 486 g/mol. The largest absolute Gasteiger partial charge is 0.373 e. The van der Waals surface area contributed by atoms with Crippen LogP contribution in [-0.2, 0) is 22.7 Å². The molecule has 0 atom stereocenters. The molecule has 0 unspecified atom stereocenters. The standard InChI is InChI=1S/C29H35N5O2/c1-4-17-35-21-23-7-6-8-24(19-23)27-11-12-30-29(32-27)31-26-9-10-28(25(20-26)22-36-18-5-2)34-15-13-33(3)14-16-34/h4-12,19-20H,1-2,13-18,21-22H2,3H3,(H,30,31,32). The van der Waals surface area contributed by atoms with Gasteiger partial charge >= 0.3 is 0 Å². The van der Waals surface area contributed by atoms with Crippen LogP contribution >= 0.6 is 0 Å². The van der Waals surface area contributed by atoms with Crippen molar-refractivity contribution in [2.75, 3.05) is 56.7 Å². The van der Waals surface area contributed by atoms with Crippen molar-refractivity contribution in [3.8, 4) is 11.3 Å². The minimum Gasteiger partial charge on any atom is -0.373 e. The van der Waals surface area contributed by atoms with E-state index in [0.717, 1.165) is 54.3 Å². The summed E-state index contributed by atoms with van der Waals surface area (Å²) in [4.78, 5) is 14.0. The number of anilines is 3. The lowest BCUT2D eigenvalue weighted by Crippen LogP contribution is -2.44. The summed E-state index contributed by atoms with van der Waals surface area (Å²) in [7, 11) is 2.17. The Morgan fingerprint density at radius 2 is 1.72 bits per heavy atom. The molecule has 4 rings (SSSR count). The van der Waals surface area contributed by atoms with Gasteiger partial charge in [-0.25, -0.2) is 9.97 Å². The van der Waals surface area contributed by atoms with Crippen molar-refractivity contribution in [2.24, 2.45) is 0 Å². The second-order valence-corrected chi connectivity index (χ2v) is 8.83. The van der Waals surface area contributed by atoms with E-state index in [1.165, 1.54) is 5.69 Å². The SMILES string of the molecule is C=CCOCc1cccc(-c2ccnc(Nc3ccc(N4CCN(C)CC4)c(COCC=C)c3)n2)c1. The number of nitrogens with zero attached hydrogens (tertiary/aromatic N) is 4. The monoisotopic (exact) mass is 485 g/mol. The lowest BCUT2D eigenvalue weighted by molar-refractivity contribution is 0.149. The second kappa shape index (κ2) is 13.0. The van der Waals surface area contributed by atoms with Crippen LogP contribution in [0.4, 0.5) is 17.3 Å². The second-order valence-electron chi connectivity index (χ2n) is 8.83. The number of rotatable bonds is 12. The van der Waals surface area contributed by atoms with E-state index >= 15 is 0 Å². The molecule has 1 aromatic heterocycles. The molecule has 0 spiro atoms. The van der Waals surface area contributed by atoms with Gasteiger partial charge in [0.1, 0.15) is 0 Å². The fourth-order valence-corrected chi connectivity index (χ4v) is 4.18. The Morgan fingerprint density at radius 1 is 0.944 bits per heavy atom. The molecule has 2 heterocycles. The molecular weight excluding hydrogens is 450 g/mol. The summed E-state index contributed by atoms with van der Waals surface area (Å²) in [5.74, 6) is 0.547. The van der Waals surface area contributed by atoms with Crippen molar-refractivity contribution in [3.63, 3.8) is 0 Å². The lowest BCUT2D eigenvalue weighted by atomic mass is 10.1. The third-order valence-electron chi connectivity index (χ3n) is 6.06. The Hall–Kier alpha value is -3.52. The smallest absolute Gasteiger partial charge is 0.227 e. The molecule has 36 heavy (non-hydrogen) atoms. The van der Waals surface area contributed by atoms with Crippen molar-refractivity contribution in [1.29, 1.82) is 0 Å². The molecule has 1 N–H and O–H groups in total. The molecule has 7 heteroatoms. The van der Waals surface area contributed by atoms with Crippen molar-refractivity contribution in [3.05, 3.63) is 91.2 Å². The van der Waals surface area contributed by atoms with Crippen LogP contribution in [0.1, 0.15) is 11.1 Å². The van der Waals surface area contributed by atoms with Gasteiger partial charge in [0, 0.05) is 54.9 Å². The zero-order valence-corrected chi connectivity index (χ0v) is 21.0. The molecule has 188 valence electrons. The minimum absolute atomic E-state index is 0.517. The van der Waals surface area contributed by atoms with Gasteiger partial charge in [0.15, 0.2) is 0 Å². The van der Waals surface area contributed by atoms with Crippen LogP contribution < -0.4 is 10.2 Å². The number of hydrogen-bond acceptors (Lipinski definition) is 7. The van der Waals surface area contributed by atoms with E-state index < -0.39 is 0 Å². The quantitative estimate of drug-likeness (QED) is 0.285. The molecule has 1 fully saturated rings. The normalized spacial score (nSPS) is 14.0. The Morgan fingerprint density at radius 3 is 2.50 bits per heavy atom. The van der Waals surface area contributed by atoms with E-state index in [-0.39, 0.29) is 0 Å². The Bertz CT molecular complexity index is 1160. The number of likely N-dealkylation sites (N-methyl/N-ethyl adjacent to an activating group) is 1. The van der Waals surface area contributed by atoms with Crippen LogP contribution in [0.5, 0.6) is 0 Å².